The molecule has 0 aliphatic carbocycles. The van der Waals surface area contributed by atoms with Gasteiger partial charge in [0.25, 0.3) is 0 Å². The van der Waals surface area contributed by atoms with Crippen molar-refractivity contribution in [2.45, 2.75) is 25.4 Å². The van der Waals surface area contributed by atoms with Crippen LogP contribution >= 0.6 is 0 Å². The van der Waals surface area contributed by atoms with Crippen LogP contribution in [-0.2, 0) is 11.6 Å². The Morgan fingerprint density at radius 1 is 0.917 bits per heavy atom. The van der Waals surface area contributed by atoms with E-state index in [1.807, 2.05) is 6.92 Å². The molecule has 0 aliphatic rings. The second-order valence-electron chi connectivity index (χ2n) is 5.86. The Balaban J connectivity index is 2.51. The first kappa shape index (κ1) is 17.8. The van der Waals surface area contributed by atoms with Crippen molar-refractivity contribution in [2.24, 2.45) is 0 Å². The first-order valence-electron chi connectivity index (χ1n) is 7.24. The van der Waals surface area contributed by atoms with Gasteiger partial charge in [-0.05, 0) is 49.2 Å². The highest BCUT2D eigenvalue weighted by molar-refractivity contribution is 5.87. The molecular weight excluding hydrogens is 317 g/mol. The van der Waals surface area contributed by atoms with Gasteiger partial charge >= 0.3 is 12.1 Å². The molecule has 126 valence electrons. The van der Waals surface area contributed by atoms with E-state index in [1.54, 1.807) is 19.1 Å². The second kappa shape index (κ2) is 6.15. The molecule has 0 heterocycles. The number of aromatic carboxylic acids is 1. The molecule has 0 bridgehead atoms. The fourth-order valence-corrected chi connectivity index (χ4v) is 2.60. The Hall–Kier alpha value is -2.56. The highest BCUT2D eigenvalue weighted by Gasteiger charge is 2.33. The monoisotopic (exact) mass is 334 g/mol. The molecule has 1 unspecified atom stereocenters. The lowest BCUT2D eigenvalue weighted by molar-refractivity contribution is -0.137. The lowest BCUT2D eigenvalue weighted by atomic mass is 9.71. The minimum absolute atomic E-state index is 0.148. The number of carbonyl (C=O) groups is 1. The molecule has 24 heavy (non-hydrogen) atoms. The quantitative estimate of drug-likeness (QED) is 0.772. The summed E-state index contributed by atoms with van der Waals surface area (Å²) in [5.74, 6) is -1.03. The zero-order chi connectivity index (χ0) is 18.1. The van der Waals surface area contributed by atoms with E-state index in [0.717, 1.165) is 23.3 Å². The Labute approximate surface area is 138 Å². The topological polar surface area (TPSA) is 37.3 Å². The van der Waals surface area contributed by atoms with E-state index in [1.165, 1.54) is 24.3 Å². The lowest BCUT2D eigenvalue weighted by Gasteiger charge is -2.32. The van der Waals surface area contributed by atoms with Crippen molar-refractivity contribution < 1.29 is 23.1 Å². The van der Waals surface area contributed by atoms with Gasteiger partial charge in [0.2, 0.25) is 0 Å². The minimum Gasteiger partial charge on any atom is -0.478 e. The average Bonchev–Trinajstić information content (AvgIpc) is 2.53. The summed E-state index contributed by atoms with van der Waals surface area (Å²) in [7, 11) is 0. The Bertz CT molecular complexity index is 759. The van der Waals surface area contributed by atoms with Crippen LogP contribution in [-0.4, -0.2) is 11.1 Å². The zero-order valence-electron chi connectivity index (χ0n) is 13.3. The van der Waals surface area contributed by atoms with Gasteiger partial charge in [0, 0.05) is 5.41 Å². The zero-order valence-corrected chi connectivity index (χ0v) is 13.3. The molecule has 2 nitrogen and oxygen atoms in total. The van der Waals surface area contributed by atoms with E-state index >= 15 is 0 Å². The van der Waals surface area contributed by atoms with Crippen molar-refractivity contribution in [3.05, 3.63) is 82.9 Å². The SMILES string of the molecule is C=C(C)C(C)(c1ccc(C(=O)O)cc1)c1ccc(C(F)(F)F)cc1. The molecule has 0 aliphatic heterocycles. The molecule has 0 radical (unpaired) electrons. The van der Waals surface area contributed by atoms with Crippen LogP contribution in [0.3, 0.4) is 0 Å². The van der Waals surface area contributed by atoms with Crippen molar-refractivity contribution in [2.75, 3.05) is 0 Å². The summed E-state index contributed by atoms with van der Waals surface area (Å²) in [6.07, 6.45) is -4.39. The second-order valence-corrected chi connectivity index (χ2v) is 5.86. The van der Waals surface area contributed by atoms with Crippen molar-refractivity contribution >= 4 is 5.97 Å². The molecule has 0 fully saturated rings. The maximum absolute atomic E-state index is 12.7. The summed E-state index contributed by atoms with van der Waals surface area (Å²) >= 11 is 0. The van der Waals surface area contributed by atoms with Crippen LogP contribution in [0.25, 0.3) is 0 Å². The standard InChI is InChI=1S/C19H17F3O2/c1-12(2)18(3,14-6-4-13(5-7-14)17(23)24)15-8-10-16(11-9-15)19(20,21)22/h4-11H,1H2,2-3H3,(H,23,24). The van der Waals surface area contributed by atoms with Crippen molar-refractivity contribution in [1.82, 2.24) is 0 Å². The Morgan fingerprint density at radius 3 is 1.62 bits per heavy atom. The van der Waals surface area contributed by atoms with E-state index in [0.29, 0.717) is 5.56 Å². The van der Waals surface area contributed by atoms with Gasteiger partial charge in [-0.1, -0.05) is 36.4 Å². The fourth-order valence-electron chi connectivity index (χ4n) is 2.60. The largest absolute Gasteiger partial charge is 0.478 e. The van der Waals surface area contributed by atoms with Crippen LogP contribution in [0.15, 0.2) is 60.7 Å². The van der Waals surface area contributed by atoms with Gasteiger partial charge in [0.05, 0.1) is 11.1 Å². The summed E-state index contributed by atoms with van der Waals surface area (Å²) in [6, 6.07) is 11.2. The molecular formula is C19H17F3O2. The molecule has 1 atom stereocenters. The Morgan fingerprint density at radius 2 is 1.29 bits per heavy atom. The fraction of sp³-hybridized carbons (Fsp3) is 0.211. The predicted octanol–water partition coefficient (Wildman–Crippen LogP) is 5.29. The van der Waals surface area contributed by atoms with E-state index in [9.17, 15) is 18.0 Å². The third kappa shape index (κ3) is 3.20. The normalized spacial score (nSPS) is 14.0. The number of carboxylic acid groups (broad SMARTS) is 1. The minimum atomic E-state index is -4.39. The third-order valence-electron chi connectivity index (χ3n) is 4.35. The van der Waals surface area contributed by atoms with E-state index in [2.05, 4.69) is 6.58 Å². The molecule has 0 aromatic heterocycles. The van der Waals surface area contributed by atoms with Gasteiger partial charge in [-0.15, -0.1) is 0 Å². The molecule has 0 saturated carbocycles. The highest BCUT2D eigenvalue weighted by atomic mass is 19.4. The van der Waals surface area contributed by atoms with E-state index in [4.69, 9.17) is 5.11 Å². The molecule has 2 aromatic carbocycles. The molecule has 0 spiro atoms. The van der Waals surface area contributed by atoms with Crippen LogP contribution < -0.4 is 0 Å². The summed E-state index contributed by atoms with van der Waals surface area (Å²) in [4.78, 5) is 11.0. The number of hydrogen-bond acceptors (Lipinski definition) is 1. The summed E-state index contributed by atoms with van der Waals surface area (Å²) < 4.78 is 38.2. The van der Waals surface area contributed by atoms with Crippen molar-refractivity contribution in [3.8, 4) is 0 Å². The van der Waals surface area contributed by atoms with Crippen LogP contribution in [0.4, 0.5) is 13.2 Å². The van der Waals surface area contributed by atoms with Gasteiger partial charge in [-0.3, -0.25) is 0 Å². The van der Waals surface area contributed by atoms with Crippen LogP contribution in [0, 0.1) is 0 Å². The molecule has 5 heteroatoms. The number of allylic oxidation sites excluding steroid dienone is 1. The smallest absolute Gasteiger partial charge is 0.416 e. The molecule has 1 N–H and O–H groups in total. The average molecular weight is 334 g/mol. The van der Waals surface area contributed by atoms with Crippen molar-refractivity contribution in [1.29, 1.82) is 0 Å². The Kier molecular flexibility index (Phi) is 4.56. The van der Waals surface area contributed by atoms with Gasteiger partial charge in [-0.2, -0.15) is 13.2 Å². The summed E-state index contributed by atoms with van der Waals surface area (Å²) in [5, 5.41) is 8.99. The number of carboxylic acids is 1. The van der Waals surface area contributed by atoms with Gasteiger partial charge in [0.1, 0.15) is 0 Å². The van der Waals surface area contributed by atoms with E-state index < -0.39 is 23.1 Å². The van der Waals surface area contributed by atoms with Gasteiger partial charge in [-0.25, -0.2) is 4.79 Å². The number of benzene rings is 2. The summed E-state index contributed by atoms with van der Waals surface area (Å²) in [6.45, 7) is 7.62. The third-order valence-corrected chi connectivity index (χ3v) is 4.35. The van der Waals surface area contributed by atoms with Crippen LogP contribution in [0.5, 0.6) is 0 Å². The molecule has 2 rings (SSSR count). The lowest BCUT2D eigenvalue weighted by Crippen LogP contribution is -2.25. The molecule has 0 amide bonds. The first-order chi connectivity index (χ1) is 11.1. The number of alkyl halides is 3. The van der Waals surface area contributed by atoms with Crippen LogP contribution in [0.1, 0.15) is 40.9 Å². The maximum atomic E-state index is 12.7. The van der Waals surface area contributed by atoms with Gasteiger partial charge in [0.15, 0.2) is 0 Å². The highest BCUT2D eigenvalue weighted by Crippen LogP contribution is 2.39. The number of rotatable bonds is 4. The molecule has 2 aromatic rings. The predicted molar refractivity (Wildman–Crippen MR) is 86.1 cm³/mol. The summed E-state index contributed by atoms with van der Waals surface area (Å²) in [5.41, 5.74) is 0.879. The first-order valence-corrected chi connectivity index (χ1v) is 7.24. The number of hydrogen-bond donors (Lipinski definition) is 1. The van der Waals surface area contributed by atoms with Gasteiger partial charge < -0.3 is 5.11 Å². The van der Waals surface area contributed by atoms with Crippen molar-refractivity contribution in [3.63, 3.8) is 0 Å². The van der Waals surface area contributed by atoms with E-state index in [-0.39, 0.29) is 5.56 Å². The number of halogens is 3. The molecule has 0 saturated heterocycles. The maximum Gasteiger partial charge on any atom is 0.416 e. The van der Waals surface area contributed by atoms with Crippen LogP contribution in [0.2, 0.25) is 0 Å².